The van der Waals surface area contributed by atoms with Crippen LogP contribution in [0.4, 0.5) is 5.69 Å². The average Bonchev–Trinajstić information content (AvgIpc) is 2.85. The van der Waals surface area contributed by atoms with Crippen LogP contribution in [0.1, 0.15) is 20.7 Å². The standard InChI is InChI=1S/C19H13NO3/c1-23-16-11-5-7-12-6-4-10-15(17(12)16)20-18(21)13-8-2-3-9-14(13)19(20)22/h2-11H,1H3. The van der Waals surface area contributed by atoms with Crippen LogP contribution in [0, 0.1) is 0 Å². The molecule has 0 saturated carbocycles. The molecule has 0 spiro atoms. The summed E-state index contributed by atoms with van der Waals surface area (Å²) in [6.45, 7) is 0. The summed E-state index contributed by atoms with van der Waals surface area (Å²) >= 11 is 0. The highest BCUT2D eigenvalue weighted by atomic mass is 16.5. The van der Waals surface area contributed by atoms with E-state index in [9.17, 15) is 9.59 Å². The van der Waals surface area contributed by atoms with Gasteiger partial charge in [0, 0.05) is 5.39 Å². The van der Waals surface area contributed by atoms with E-state index in [4.69, 9.17) is 4.74 Å². The summed E-state index contributed by atoms with van der Waals surface area (Å²) in [5.41, 5.74) is 1.42. The fraction of sp³-hybridized carbons (Fsp3) is 0.0526. The quantitative estimate of drug-likeness (QED) is 0.679. The van der Waals surface area contributed by atoms with E-state index in [0.29, 0.717) is 22.6 Å². The molecule has 23 heavy (non-hydrogen) atoms. The molecule has 0 aromatic heterocycles. The van der Waals surface area contributed by atoms with Crippen molar-refractivity contribution < 1.29 is 14.3 Å². The first-order valence-corrected chi connectivity index (χ1v) is 7.26. The fourth-order valence-electron chi connectivity index (χ4n) is 3.05. The molecule has 1 heterocycles. The van der Waals surface area contributed by atoms with Gasteiger partial charge >= 0.3 is 0 Å². The third kappa shape index (κ3) is 1.85. The summed E-state index contributed by atoms with van der Waals surface area (Å²) in [5.74, 6) is 0.0302. The third-order valence-corrected chi connectivity index (χ3v) is 4.10. The highest BCUT2D eigenvalue weighted by molar-refractivity contribution is 6.36. The largest absolute Gasteiger partial charge is 0.496 e. The molecule has 1 aliphatic rings. The van der Waals surface area contributed by atoms with Crippen molar-refractivity contribution in [1.82, 2.24) is 0 Å². The molecule has 0 aliphatic carbocycles. The molecule has 0 bridgehead atoms. The number of hydrogen-bond acceptors (Lipinski definition) is 3. The molecule has 0 saturated heterocycles. The van der Waals surface area contributed by atoms with Gasteiger partial charge in [-0.15, -0.1) is 0 Å². The van der Waals surface area contributed by atoms with E-state index in [2.05, 4.69) is 0 Å². The van der Waals surface area contributed by atoms with Gasteiger partial charge in [-0.3, -0.25) is 9.59 Å². The first-order chi connectivity index (χ1) is 11.2. The Bertz CT molecular complexity index is 921. The Morgan fingerprint density at radius 3 is 2.00 bits per heavy atom. The smallest absolute Gasteiger partial charge is 0.266 e. The zero-order valence-corrected chi connectivity index (χ0v) is 12.4. The van der Waals surface area contributed by atoms with Gasteiger partial charge in [0.2, 0.25) is 0 Å². The molecule has 0 N–H and O–H groups in total. The Kier molecular flexibility index (Phi) is 2.91. The average molecular weight is 303 g/mol. The Labute approximate surface area is 132 Å². The number of hydrogen-bond donors (Lipinski definition) is 0. The van der Waals surface area contributed by atoms with Crippen LogP contribution in [0.3, 0.4) is 0 Å². The summed E-state index contributed by atoms with van der Waals surface area (Å²) in [6, 6.07) is 18.0. The number of rotatable bonds is 2. The van der Waals surface area contributed by atoms with Gasteiger partial charge in [-0.1, -0.05) is 36.4 Å². The Morgan fingerprint density at radius 1 is 0.783 bits per heavy atom. The SMILES string of the molecule is COc1cccc2cccc(N3C(=O)c4ccccc4C3=O)c12. The Hall–Kier alpha value is -3.14. The first kappa shape index (κ1) is 13.5. The molecule has 4 heteroatoms. The van der Waals surface area contributed by atoms with Crippen molar-refractivity contribution in [3.8, 4) is 5.75 Å². The molecule has 0 unspecified atom stereocenters. The van der Waals surface area contributed by atoms with E-state index in [1.807, 2.05) is 30.3 Å². The Balaban J connectivity index is 1.98. The number of imide groups is 1. The minimum Gasteiger partial charge on any atom is -0.496 e. The maximum atomic E-state index is 12.7. The van der Waals surface area contributed by atoms with Crippen molar-refractivity contribution >= 4 is 28.3 Å². The van der Waals surface area contributed by atoms with Crippen molar-refractivity contribution in [2.45, 2.75) is 0 Å². The van der Waals surface area contributed by atoms with Gasteiger partial charge in [0.05, 0.1) is 23.9 Å². The van der Waals surface area contributed by atoms with Crippen molar-refractivity contribution in [3.05, 3.63) is 71.8 Å². The fourth-order valence-corrected chi connectivity index (χ4v) is 3.05. The molecular weight excluding hydrogens is 290 g/mol. The van der Waals surface area contributed by atoms with Gasteiger partial charge in [0.1, 0.15) is 5.75 Å². The number of ether oxygens (including phenoxy) is 1. The number of anilines is 1. The normalized spacial score (nSPS) is 13.5. The number of carbonyl (C=O) groups is 2. The molecule has 4 rings (SSSR count). The molecule has 3 aromatic carbocycles. The van der Waals surface area contributed by atoms with Crippen LogP contribution < -0.4 is 9.64 Å². The molecule has 0 fully saturated rings. The van der Waals surface area contributed by atoms with Gasteiger partial charge in [-0.25, -0.2) is 4.90 Å². The molecule has 3 aromatic rings. The maximum Gasteiger partial charge on any atom is 0.266 e. The summed E-state index contributed by atoms with van der Waals surface area (Å²) in [4.78, 5) is 26.7. The third-order valence-electron chi connectivity index (χ3n) is 4.10. The van der Waals surface area contributed by atoms with E-state index in [1.165, 1.54) is 4.90 Å². The zero-order valence-electron chi connectivity index (χ0n) is 12.4. The lowest BCUT2D eigenvalue weighted by molar-refractivity contribution is 0.0926. The molecule has 112 valence electrons. The first-order valence-electron chi connectivity index (χ1n) is 7.26. The van der Waals surface area contributed by atoms with Gasteiger partial charge in [0.15, 0.2) is 0 Å². The van der Waals surface area contributed by atoms with Crippen LogP contribution in [0.5, 0.6) is 5.75 Å². The summed E-state index contributed by atoms with van der Waals surface area (Å²) < 4.78 is 5.43. The van der Waals surface area contributed by atoms with Crippen molar-refractivity contribution in [2.24, 2.45) is 0 Å². The van der Waals surface area contributed by atoms with E-state index in [1.54, 1.807) is 37.4 Å². The minimum atomic E-state index is -0.302. The summed E-state index contributed by atoms with van der Waals surface area (Å²) in [5, 5.41) is 1.67. The van der Waals surface area contributed by atoms with Gasteiger partial charge in [0.25, 0.3) is 11.8 Å². The lowest BCUT2D eigenvalue weighted by Crippen LogP contribution is -2.29. The second-order valence-corrected chi connectivity index (χ2v) is 5.33. The van der Waals surface area contributed by atoms with E-state index < -0.39 is 0 Å². The summed E-state index contributed by atoms with van der Waals surface area (Å²) in [6.07, 6.45) is 0. The van der Waals surface area contributed by atoms with E-state index in [-0.39, 0.29) is 11.8 Å². The minimum absolute atomic E-state index is 0.302. The number of methoxy groups -OCH3 is 1. The number of carbonyl (C=O) groups excluding carboxylic acids is 2. The molecule has 2 amide bonds. The van der Waals surface area contributed by atoms with Gasteiger partial charge in [-0.05, 0) is 29.7 Å². The predicted octanol–water partition coefficient (Wildman–Crippen LogP) is 3.65. The van der Waals surface area contributed by atoms with Crippen LogP contribution in [0.15, 0.2) is 60.7 Å². The van der Waals surface area contributed by atoms with Crippen molar-refractivity contribution in [1.29, 1.82) is 0 Å². The van der Waals surface area contributed by atoms with Crippen LogP contribution in [0.2, 0.25) is 0 Å². The second-order valence-electron chi connectivity index (χ2n) is 5.33. The highest BCUT2D eigenvalue weighted by Crippen LogP contribution is 2.38. The van der Waals surface area contributed by atoms with Crippen molar-refractivity contribution in [2.75, 3.05) is 12.0 Å². The number of benzene rings is 3. The second kappa shape index (κ2) is 4.95. The number of fused-ring (bicyclic) bond motifs is 2. The molecule has 1 aliphatic heterocycles. The van der Waals surface area contributed by atoms with Crippen LogP contribution >= 0.6 is 0 Å². The van der Waals surface area contributed by atoms with Crippen molar-refractivity contribution in [3.63, 3.8) is 0 Å². The lowest BCUT2D eigenvalue weighted by Gasteiger charge is -2.18. The monoisotopic (exact) mass is 303 g/mol. The molecular formula is C19H13NO3. The molecule has 4 nitrogen and oxygen atoms in total. The number of amides is 2. The lowest BCUT2D eigenvalue weighted by atomic mass is 10.1. The highest BCUT2D eigenvalue weighted by Gasteiger charge is 2.37. The Morgan fingerprint density at radius 2 is 1.39 bits per heavy atom. The van der Waals surface area contributed by atoms with Crippen LogP contribution in [-0.4, -0.2) is 18.9 Å². The number of nitrogens with zero attached hydrogens (tertiary/aromatic N) is 1. The van der Waals surface area contributed by atoms with Gasteiger partial charge < -0.3 is 4.74 Å². The van der Waals surface area contributed by atoms with Crippen LogP contribution in [-0.2, 0) is 0 Å². The molecule has 0 atom stereocenters. The summed E-state index contributed by atoms with van der Waals surface area (Å²) in [7, 11) is 1.58. The van der Waals surface area contributed by atoms with E-state index in [0.717, 1.165) is 10.8 Å². The maximum absolute atomic E-state index is 12.7. The van der Waals surface area contributed by atoms with Crippen LogP contribution in [0.25, 0.3) is 10.8 Å². The molecule has 0 radical (unpaired) electrons. The zero-order chi connectivity index (χ0) is 16.0. The van der Waals surface area contributed by atoms with Gasteiger partial charge in [-0.2, -0.15) is 0 Å². The van der Waals surface area contributed by atoms with E-state index >= 15 is 0 Å². The predicted molar refractivity (Wildman–Crippen MR) is 88.1 cm³/mol. The topological polar surface area (TPSA) is 46.6 Å².